The van der Waals surface area contributed by atoms with Crippen LogP contribution in [0, 0.1) is 0 Å². The van der Waals surface area contributed by atoms with Gasteiger partial charge in [-0.15, -0.1) is 10.2 Å². The Morgan fingerprint density at radius 3 is 2.71 bits per heavy atom. The zero-order valence-corrected chi connectivity index (χ0v) is 7.01. The standard InChI is InChI=1S/C7H6N6O/c8-5(14)4-3-11-7(13-12-4)6-9-1-2-10-6/h1-3H,(H2,8,14)(H,9,10). The number of rotatable bonds is 2. The van der Waals surface area contributed by atoms with E-state index in [9.17, 15) is 4.79 Å². The van der Waals surface area contributed by atoms with Crippen molar-refractivity contribution in [2.24, 2.45) is 5.73 Å². The molecular formula is C7H6N6O. The minimum absolute atomic E-state index is 0.0281. The lowest BCUT2D eigenvalue weighted by atomic mass is 10.4. The third-order valence-corrected chi connectivity index (χ3v) is 1.52. The van der Waals surface area contributed by atoms with Crippen molar-refractivity contribution in [2.45, 2.75) is 0 Å². The smallest absolute Gasteiger partial charge is 0.270 e. The third kappa shape index (κ3) is 1.42. The summed E-state index contributed by atoms with van der Waals surface area (Å²) in [5.74, 6) is 0.157. The molecule has 0 aromatic carbocycles. The molecule has 0 spiro atoms. The van der Waals surface area contributed by atoms with Crippen LogP contribution in [0.4, 0.5) is 0 Å². The molecule has 2 aromatic heterocycles. The fraction of sp³-hybridized carbons (Fsp3) is 0. The molecule has 14 heavy (non-hydrogen) atoms. The van der Waals surface area contributed by atoms with E-state index in [-0.39, 0.29) is 5.69 Å². The number of hydrogen-bond donors (Lipinski definition) is 2. The molecule has 0 saturated heterocycles. The molecule has 2 heterocycles. The van der Waals surface area contributed by atoms with Gasteiger partial charge in [0.1, 0.15) is 0 Å². The highest BCUT2D eigenvalue weighted by Crippen LogP contribution is 2.04. The summed E-state index contributed by atoms with van der Waals surface area (Å²) in [4.78, 5) is 21.3. The van der Waals surface area contributed by atoms with Crippen LogP contribution < -0.4 is 5.73 Å². The molecule has 2 aromatic rings. The normalized spacial score (nSPS) is 10.0. The lowest BCUT2D eigenvalue weighted by molar-refractivity contribution is 0.0994. The van der Waals surface area contributed by atoms with E-state index in [1.165, 1.54) is 6.20 Å². The van der Waals surface area contributed by atoms with Crippen LogP contribution in [-0.4, -0.2) is 31.1 Å². The van der Waals surface area contributed by atoms with Crippen LogP contribution in [0.25, 0.3) is 11.6 Å². The quantitative estimate of drug-likeness (QED) is 0.654. The summed E-state index contributed by atoms with van der Waals surface area (Å²) in [5.41, 5.74) is 5.01. The average Bonchev–Trinajstić information content (AvgIpc) is 2.71. The lowest BCUT2D eigenvalue weighted by Gasteiger charge is -1.94. The maximum absolute atomic E-state index is 10.7. The van der Waals surface area contributed by atoms with Gasteiger partial charge in [0.2, 0.25) is 5.82 Å². The number of primary amides is 1. The molecule has 70 valence electrons. The first kappa shape index (κ1) is 8.30. The van der Waals surface area contributed by atoms with Crippen molar-refractivity contribution in [1.82, 2.24) is 25.1 Å². The highest BCUT2D eigenvalue weighted by Gasteiger charge is 2.07. The summed E-state index contributed by atoms with van der Waals surface area (Å²) in [6, 6.07) is 0. The molecule has 0 atom stereocenters. The number of nitrogens with two attached hydrogens (primary N) is 1. The number of aromatic amines is 1. The molecule has 0 saturated carbocycles. The van der Waals surface area contributed by atoms with Gasteiger partial charge in [0.05, 0.1) is 6.20 Å². The number of carbonyl (C=O) groups excluding carboxylic acids is 1. The molecule has 0 radical (unpaired) electrons. The summed E-state index contributed by atoms with van der Waals surface area (Å²) < 4.78 is 0. The topological polar surface area (TPSA) is 110 Å². The summed E-state index contributed by atoms with van der Waals surface area (Å²) in [6.07, 6.45) is 4.47. The van der Waals surface area contributed by atoms with Crippen LogP contribution in [-0.2, 0) is 0 Å². The van der Waals surface area contributed by atoms with Gasteiger partial charge in [0, 0.05) is 12.4 Å². The van der Waals surface area contributed by atoms with Gasteiger partial charge >= 0.3 is 0 Å². The Morgan fingerprint density at radius 1 is 1.36 bits per heavy atom. The number of nitrogens with one attached hydrogen (secondary N) is 1. The Kier molecular flexibility index (Phi) is 1.90. The first-order valence-corrected chi connectivity index (χ1v) is 3.76. The van der Waals surface area contributed by atoms with E-state index in [0.29, 0.717) is 11.6 Å². The van der Waals surface area contributed by atoms with E-state index in [1.807, 2.05) is 0 Å². The minimum Gasteiger partial charge on any atom is -0.364 e. The molecule has 0 aliphatic rings. The van der Waals surface area contributed by atoms with Crippen LogP contribution in [0.2, 0.25) is 0 Å². The maximum Gasteiger partial charge on any atom is 0.270 e. The Bertz CT molecular complexity index is 434. The largest absolute Gasteiger partial charge is 0.364 e. The molecule has 7 nitrogen and oxygen atoms in total. The van der Waals surface area contributed by atoms with Crippen LogP contribution in [0.3, 0.4) is 0 Å². The number of nitrogens with zero attached hydrogens (tertiary/aromatic N) is 4. The molecule has 3 N–H and O–H groups in total. The van der Waals surface area contributed by atoms with Crippen molar-refractivity contribution >= 4 is 5.91 Å². The van der Waals surface area contributed by atoms with Crippen LogP contribution in [0.1, 0.15) is 10.5 Å². The summed E-state index contributed by atoms with van der Waals surface area (Å²) in [6.45, 7) is 0. The first-order chi connectivity index (χ1) is 6.77. The molecule has 7 heteroatoms. The Balaban J connectivity index is 2.36. The van der Waals surface area contributed by atoms with Gasteiger partial charge in [-0.25, -0.2) is 9.97 Å². The Morgan fingerprint density at radius 2 is 2.21 bits per heavy atom. The van der Waals surface area contributed by atoms with Gasteiger partial charge < -0.3 is 10.7 Å². The second-order valence-electron chi connectivity index (χ2n) is 2.47. The zero-order chi connectivity index (χ0) is 9.97. The molecule has 0 bridgehead atoms. The number of hydrogen-bond acceptors (Lipinski definition) is 5. The van der Waals surface area contributed by atoms with E-state index in [4.69, 9.17) is 5.73 Å². The molecule has 0 unspecified atom stereocenters. The minimum atomic E-state index is -0.656. The van der Waals surface area contributed by atoms with Gasteiger partial charge in [-0.3, -0.25) is 4.79 Å². The van der Waals surface area contributed by atoms with Crippen molar-refractivity contribution < 1.29 is 4.79 Å². The first-order valence-electron chi connectivity index (χ1n) is 3.76. The Hall–Kier alpha value is -2.31. The van der Waals surface area contributed by atoms with Gasteiger partial charge in [0.15, 0.2) is 11.5 Å². The fourth-order valence-electron chi connectivity index (χ4n) is 0.884. The highest BCUT2D eigenvalue weighted by molar-refractivity contribution is 5.90. The second kappa shape index (κ2) is 3.21. The van der Waals surface area contributed by atoms with Gasteiger partial charge in [-0.05, 0) is 0 Å². The number of amides is 1. The number of H-pyrrole nitrogens is 1. The van der Waals surface area contributed by atoms with Gasteiger partial charge in [-0.2, -0.15) is 0 Å². The zero-order valence-electron chi connectivity index (χ0n) is 7.01. The lowest BCUT2D eigenvalue weighted by Crippen LogP contribution is -2.14. The molecular weight excluding hydrogens is 184 g/mol. The van der Waals surface area contributed by atoms with Crippen molar-refractivity contribution in [3.05, 3.63) is 24.3 Å². The average molecular weight is 190 g/mol. The van der Waals surface area contributed by atoms with Crippen LogP contribution >= 0.6 is 0 Å². The predicted molar refractivity (Wildman–Crippen MR) is 45.9 cm³/mol. The van der Waals surface area contributed by atoms with E-state index in [2.05, 4.69) is 25.1 Å². The van der Waals surface area contributed by atoms with Gasteiger partial charge in [-0.1, -0.05) is 0 Å². The Labute approximate surface area is 78.4 Å². The summed E-state index contributed by atoms with van der Waals surface area (Å²) >= 11 is 0. The monoisotopic (exact) mass is 190 g/mol. The third-order valence-electron chi connectivity index (χ3n) is 1.52. The second-order valence-corrected chi connectivity index (χ2v) is 2.47. The maximum atomic E-state index is 10.7. The number of carbonyl (C=O) groups is 1. The molecule has 0 aliphatic carbocycles. The highest BCUT2D eigenvalue weighted by atomic mass is 16.1. The van der Waals surface area contributed by atoms with Crippen molar-refractivity contribution in [2.75, 3.05) is 0 Å². The van der Waals surface area contributed by atoms with E-state index < -0.39 is 5.91 Å². The van der Waals surface area contributed by atoms with Crippen molar-refractivity contribution in [1.29, 1.82) is 0 Å². The molecule has 0 fully saturated rings. The fourth-order valence-corrected chi connectivity index (χ4v) is 0.884. The number of imidazole rings is 1. The van der Waals surface area contributed by atoms with E-state index in [1.54, 1.807) is 12.4 Å². The van der Waals surface area contributed by atoms with Gasteiger partial charge in [0.25, 0.3) is 5.91 Å². The predicted octanol–water partition coefficient (Wildman–Crippen LogP) is -0.639. The molecule has 0 aliphatic heterocycles. The van der Waals surface area contributed by atoms with Crippen molar-refractivity contribution in [3.63, 3.8) is 0 Å². The SMILES string of the molecule is NC(=O)c1cnc(-c2ncc[nH]2)nn1. The van der Waals surface area contributed by atoms with E-state index >= 15 is 0 Å². The summed E-state index contributed by atoms with van der Waals surface area (Å²) in [7, 11) is 0. The van der Waals surface area contributed by atoms with E-state index in [0.717, 1.165) is 0 Å². The molecule has 2 rings (SSSR count). The van der Waals surface area contributed by atoms with Crippen LogP contribution in [0.15, 0.2) is 18.6 Å². The van der Waals surface area contributed by atoms with Crippen LogP contribution in [0.5, 0.6) is 0 Å². The van der Waals surface area contributed by atoms with Crippen molar-refractivity contribution in [3.8, 4) is 11.6 Å². The molecule has 1 amide bonds. The number of aromatic nitrogens is 5. The summed E-state index contributed by atoms with van der Waals surface area (Å²) in [5, 5.41) is 7.27.